The molecule has 0 radical (unpaired) electrons. The van der Waals surface area contributed by atoms with Crippen molar-refractivity contribution in [2.75, 3.05) is 20.5 Å². The molecule has 1 aromatic carbocycles. The standard InChI is InChI=1S/C16H19NO2S/c1-11-7-14(18-2)16(15(8-11)19-3)13-6-5-12(9-17-13)10-20-4/h5-9H,10H2,1-4H3. The molecule has 0 fully saturated rings. The molecule has 4 heteroatoms. The molecule has 0 aliphatic heterocycles. The molecule has 0 atom stereocenters. The summed E-state index contributed by atoms with van der Waals surface area (Å²) in [6, 6.07) is 8.10. The second kappa shape index (κ2) is 6.66. The average Bonchev–Trinajstić information content (AvgIpc) is 2.47. The van der Waals surface area contributed by atoms with Crippen LogP contribution in [-0.2, 0) is 5.75 Å². The van der Waals surface area contributed by atoms with Crippen molar-refractivity contribution in [3.8, 4) is 22.8 Å². The smallest absolute Gasteiger partial charge is 0.132 e. The van der Waals surface area contributed by atoms with Crippen LogP contribution in [0, 0.1) is 6.92 Å². The second-order valence-electron chi connectivity index (χ2n) is 4.53. The van der Waals surface area contributed by atoms with E-state index in [4.69, 9.17) is 9.47 Å². The van der Waals surface area contributed by atoms with E-state index < -0.39 is 0 Å². The van der Waals surface area contributed by atoms with Gasteiger partial charge >= 0.3 is 0 Å². The summed E-state index contributed by atoms with van der Waals surface area (Å²) in [7, 11) is 3.33. The van der Waals surface area contributed by atoms with Crippen LogP contribution in [0.2, 0.25) is 0 Å². The van der Waals surface area contributed by atoms with Crippen molar-refractivity contribution in [2.45, 2.75) is 12.7 Å². The van der Waals surface area contributed by atoms with Crippen molar-refractivity contribution in [3.05, 3.63) is 41.6 Å². The Morgan fingerprint density at radius 3 is 2.20 bits per heavy atom. The molecule has 20 heavy (non-hydrogen) atoms. The molecule has 2 rings (SSSR count). The highest BCUT2D eigenvalue weighted by molar-refractivity contribution is 7.97. The molecule has 0 saturated heterocycles. The fourth-order valence-corrected chi connectivity index (χ4v) is 2.62. The van der Waals surface area contributed by atoms with Gasteiger partial charge in [-0.05, 0) is 42.5 Å². The SMILES string of the molecule is COc1cc(C)cc(OC)c1-c1ccc(CSC)cn1. The van der Waals surface area contributed by atoms with Gasteiger partial charge in [-0.15, -0.1) is 0 Å². The van der Waals surface area contributed by atoms with Gasteiger partial charge in [-0.3, -0.25) is 4.98 Å². The van der Waals surface area contributed by atoms with Crippen LogP contribution in [0.1, 0.15) is 11.1 Å². The molecular formula is C16H19NO2S. The minimum Gasteiger partial charge on any atom is -0.496 e. The highest BCUT2D eigenvalue weighted by Gasteiger charge is 2.14. The van der Waals surface area contributed by atoms with Crippen molar-refractivity contribution >= 4 is 11.8 Å². The Kier molecular flexibility index (Phi) is 4.90. The van der Waals surface area contributed by atoms with Crippen LogP contribution in [0.25, 0.3) is 11.3 Å². The number of methoxy groups -OCH3 is 2. The number of aromatic nitrogens is 1. The molecule has 0 amide bonds. The first-order valence-electron chi connectivity index (χ1n) is 6.36. The van der Waals surface area contributed by atoms with Crippen LogP contribution < -0.4 is 9.47 Å². The fraction of sp³-hybridized carbons (Fsp3) is 0.312. The Bertz CT molecular complexity index is 557. The van der Waals surface area contributed by atoms with E-state index in [0.29, 0.717) is 0 Å². The molecule has 0 aliphatic rings. The summed E-state index contributed by atoms with van der Waals surface area (Å²) < 4.78 is 11.0. The predicted molar refractivity (Wildman–Crippen MR) is 84.7 cm³/mol. The molecule has 0 aliphatic carbocycles. The van der Waals surface area contributed by atoms with Crippen LogP contribution >= 0.6 is 11.8 Å². The number of rotatable bonds is 5. The van der Waals surface area contributed by atoms with E-state index in [2.05, 4.69) is 17.3 Å². The lowest BCUT2D eigenvalue weighted by Gasteiger charge is -2.14. The van der Waals surface area contributed by atoms with Gasteiger partial charge < -0.3 is 9.47 Å². The molecule has 0 bridgehead atoms. The molecule has 1 aromatic heterocycles. The van der Waals surface area contributed by atoms with Crippen molar-refractivity contribution in [3.63, 3.8) is 0 Å². The Balaban J connectivity index is 2.50. The van der Waals surface area contributed by atoms with Gasteiger partial charge in [0, 0.05) is 11.9 Å². The number of benzene rings is 1. The van der Waals surface area contributed by atoms with Crippen LogP contribution in [0.4, 0.5) is 0 Å². The first kappa shape index (κ1) is 14.7. The van der Waals surface area contributed by atoms with E-state index in [9.17, 15) is 0 Å². The van der Waals surface area contributed by atoms with Gasteiger partial charge in [0.15, 0.2) is 0 Å². The normalized spacial score (nSPS) is 10.4. The Labute approximate surface area is 124 Å². The number of hydrogen-bond acceptors (Lipinski definition) is 4. The first-order chi connectivity index (χ1) is 9.69. The highest BCUT2D eigenvalue weighted by atomic mass is 32.2. The van der Waals surface area contributed by atoms with Gasteiger partial charge in [0.1, 0.15) is 11.5 Å². The van der Waals surface area contributed by atoms with Gasteiger partial charge in [0.25, 0.3) is 0 Å². The lowest BCUT2D eigenvalue weighted by molar-refractivity contribution is 0.396. The van der Waals surface area contributed by atoms with Crippen LogP contribution in [0.3, 0.4) is 0 Å². The van der Waals surface area contributed by atoms with E-state index in [1.165, 1.54) is 5.56 Å². The predicted octanol–water partition coefficient (Wildman–Crippen LogP) is 3.94. The van der Waals surface area contributed by atoms with E-state index >= 15 is 0 Å². The summed E-state index contributed by atoms with van der Waals surface area (Å²) in [5.41, 5.74) is 4.08. The monoisotopic (exact) mass is 289 g/mol. The molecule has 2 aromatic rings. The minimum absolute atomic E-state index is 0.784. The van der Waals surface area contributed by atoms with Gasteiger partial charge in [0.2, 0.25) is 0 Å². The molecule has 1 heterocycles. The van der Waals surface area contributed by atoms with Crippen LogP contribution in [0.5, 0.6) is 11.5 Å². The lowest BCUT2D eigenvalue weighted by Crippen LogP contribution is -1.96. The van der Waals surface area contributed by atoms with Crippen molar-refractivity contribution in [1.82, 2.24) is 4.98 Å². The third-order valence-corrected chi connectivity index (χ3v) is 3.66. The average molecular weight is 289 g/mol. The van der Waals surface area contributed by atoms with Crippen LogP contribution in [0.15, 0.2) is 30.5 Å². The molecule has 0 spiro atoms. The summed E-state index contributed by atoms with van der Waals surface area (Å²) in [4.78, 5) is 4.54. The summed E-state index contributed by atoms with van der Waals surface area (Å²) in [6.45, 7) is 2.02. The largest absolute Gasteiger partial charge is 0.496 e. The molecule has 3 nitrogen and oxygen atoms in total. The maximum atomic E-state index is 5.48. The topological polar surface area (TPSA) is 31.4 Å². The number of thioether (sulfide) groups is 1. The zero-order valence-electron chi connectivity index (χ0n) is 12.3. The van der Waals surface area contributed by atoms with Gasteiger partial charge in [-0.2, -0.15) is 11.8 Å². The van der Waals surface area contributed by atoms with Gasteiger partial charge in [-0.25, -0.2) is 0 Å². The molecule has 0 N–H and O–H groups in total. The first-order valence-corrected chi connectivity index (χ1v) is 7.75. The molecular weight excluding hydrogens is 270 g/mol. The number of ether oxygens (including phenoxy) is 2. The summed E-state index contributed by atoms with van der Waals surface area (Å²) >= 11 is 1.78. The van der Waals surface area contributed by atoms with E-state index in [0.717, 1.165) is 34.1 Å². The number of nitrogens with zero attached hydrogens (tertiary/aromatic N) is 1. The third kappa shape index (κ3) is 3.07. The lowest BCUT2D eigenvalue weighted by atomic mass is 10.1. The molecule has 0 unspecified atom stereocenters. The summed E-state index contributed by atoms with van der Waals surface area (Å²) in [5, 5.41) is 0. The quantitative estimate of drug-likeness (QED) is 0.834. The van der Waals surface area contributed by atoms with Gasteiger partial charge in [-0.1, -0.05) is 6.07 Å². The Hall–Kier alpha value is -1.68. The summed E-state index contributed by atoms with van der Waals surface area (Å²) in [5.74, 6) is 2.54. The third-order valence-electron chi connectivity index (χ3n) is 3.04. The van der Waals surface area contributed by atoms with Crippen molar-refractivity contribution in [1.29, 1.82) is 0 Å². The zero-order valence-corrected chi connectivity index (χ0v) is 13.1. The fourth-order valence-electron chi connectivity index (χ4n) is 2.12. The number of hydrogen-bond donors (Lipinski definition) is 0. The number of aryl methyl sites for hydroxylation is 1. The van der Waals surface area contributed by atoms with Crippen molar-refractivity contribution < 1.29 is 9.47 Å². The van der Waals surface area contributed by atoms with E-state index in [1.807, 2.05) is 31.3 Å². The Morgan fingerprint density at radius 1 is 1.10 bits per heavy atom. The maximum absolute atomic E-state index is 5.48. The minimum atomic E-state index is 0.784. The highest BCUT2D eigenvalue weighted by Crippen LogP contribution is 2.38. The van der Waals surface area contributed by atoms with Gasteiger partial charge in [0.05, 0.1) is 25.5 Å². The molecule has 0 saturated carbocycles. The zero-order chi connectivity index (χ0) is 14.5. The number of pyridine rings is 1. The second-order valence-corrected chi connectivity index (χ2v) is 5.40. The van der Waals surface area contributed by atoms with E-state index in [1.54, 1.807) is 26.0 Å². The molecule has 106 valence electrons. The maximum Gasteiger partial charge on any atom is 0.132 e. The van der Waals surface area contributed by atoms with Crippen molar-refractivity contribution in [2.24, 2.45) is 0 Å². The van der Waals surface area contributed by atoms with Crippen LogP contribution in [-0.4, -0.2) is 25.5 Å². The summed E-state index contributed by atoms with van der Waals surface area (Å²) in [6.07, 6.45) is 3.99. The van der Waals surface area contributed by atoms with E-state index in [-0.39, 0.29) is 0 Å². The Morgan fingerprint density at radius 2 is 1.75 bits per heavy atom.